The molecule has 1 aliphatic heterocycles. The number of thiazole rings is 1. The van der Waals surface area contributed by atoms with E-state index in [1.54, 1.807) is 11.3 Å². The molecular formula is C12H20IN3S. The molecule has 3 nitrogen and oxygen atoms in total. The Bertz CT molecular complexity index is 355. The van der Waals surface area contributed by atoms with Crippen LogP contribution < -0.4 is 5.73 Å². The van der Waals surface area contributed by atoms with Crippen LogP contribution in [0.15, 0.2) is 6.20 Å². The van der Waals surface area contributed by atoms with Gasteiger partial charge in [0.15, 0.2) is 0 Å². The second-order valence-electron chi connectivity index (χ2n) is 4.72. The van der Waals surface area contributed by atoms with Gasteiger partial charge in [-0.25, -0.2) is 4.98 Å². The Balaban J connectivity index is 1.95. The number of hydrogen-bond donors (Lipinski definition) is 1. The molecule has 1 aliphatic rings. The molecule has 0 saturated carbocycles. The number of nitrogens with zero attached hydrogens (tertiary/aromatic N) is 2. The van der Waals surface area contributed by atoms with Crippen molar-refractivity contribution >= 4 is 33.9 Å². The molecule has 2 atom stereocenters. The molecule has 5 heteroatoms. The molecule has 1 saturated heterocycles. The highest BCUT2D eigenvalue weighted by molar-refractivity contribution is 14.1. The van der Waals surface area contributed by atoms with E-state index in [4.69, 9.17) is 5.73 Å². The minimum atomic E-state index is 0.551. The molecule has 0 amide bonds. The summed E-state index contributed by atoms with van der Waals surface area (Å²) in [6.07, 6.45) is 5.82. The van der Waals surface area contributed by atoms with Gasteiger partial charge < -0.3 is 5.73 Å². The van der Waals surface area contributed by atoms with E-state index in [2.05, 4.69) is 39.4 Å². The molecule has 17 heavy (non-hydrogen) atoms. The quantitative estimate of drug-likeness (QED) is 0.835. The van der Waals surface area contributed by atoms with E-state index in [-0.39, 0.29) is 0 Å². The van der Waals surface area contributed by atoms with Gasteiger partial charge in [-0.1, -0.05) is 13.3 Å². The van der Waals surface area contributed by atoms with Crippen LogP contribution >= 0.6 is 33.9 Å². The third-order valence-electron chi connectivity index (χ3n) is 3.66. The Morgan fingerprint density at radius 2 is 2.47 bits per heavy atom. The van der Waals surface area contributed by atoms with Crippen LogP contribution in [-0.4, -0.2) is 29.0 Å². The monoisotopic (exact) mass is 365 g/mol. The van der Waals surface area contributed by atoms with Gasteiger partial charge in [-0.05, 0) is 47.9 Å². The van der Waals surface area contributed by atoms with E-state index in [0.717, 1.165) is 19.0 Å². The first-order chi connectivity index (χ1) is 8.22. The lowest BCUT2D eigenvalue weighted by Gasteiger charge is -2.38. The minimum Gasteiger partial charge on any atom is -0.329 e. The van der Waals surface area contributed by atoms with Gasteiger partial charge in [-0.3, -0.25) is 4.90 Å². The lowest BCUT2D eigenvalue weighted by atomic mass is 9.89. The Labute approximate surface area is 121 Å². The normalized spacial score (nSPS) is 26.3. The summed E-state index contributed by atoms with van der Waals surface area (Å²) in [4.78, 5) is 6.96. The fraction of sp³-hybridized carbons (Fsp3) is 0.750. The van der Waals surface area contributed by atoms with Crippen molar-refractivity contribution in [3.8, 4) is 0 Å². The van der Waals surface area contributed by atoms with Crippen molar-refractivity contribution in [3.05, 3.63) is 14.1 Å². The summed E-state index contributed by atoms with van der Waals surface area (Å²) in [5.41, 5.74) is 5.91. The first-order valence-electron chi connectivity index (χ1n) is 6.27. The van der Waals surface area contributed by atoms with Crippen molar-refractivity contribution in [2.75, 3.05) is 13.1 Å². The van der Waals surface area contributed by atoms with Crippen LogP contribution in [0.3, 0.4) is 0 Å². The van der Waals surface area contributed by atoms with Gasteiger partial charge in [0.25, 0.3) is 0 Å². The highest BCUT2D eigenvalue weighted by Gasteiger charge is 2.27. The Hall–Kier alpha value is 0.280. The molecular weight excluding hydrogens is 345 g/mol. The molecule has 0 spiro atoms. The van der Waals surface area contributed by atoms with E-state index in [0.29, 0.717) is 6.04 Å². The largest absolute Gasteiger partial charge is 0.329 e. The van der Waals surface area contributed by atoms with Gasteiger partial charge in [-0.15, -0.1) is 11.3 Å². The van der Waals surface area contributed by atoms with E-state index >= 15 is 0 Å². The zero-order chi connectivity index (χ0) is 12.3. The van der Waals surface area contributed by atoms with Crippen LogP contribution in [0.4, 0.5) is 0 Å². The smallest absolute Gasteiger partial charge is 0.108 e. The number of rotatable bonds is 4. The van der Waals surface area contributed by atoms with E-state index in [1.807, 2.05) is 6.20 Å². The minimum absolute atomic E-state index is 0.551. The summed E-state index contributed by atoms with van der Waals surface area (Å²) in [7, 11) is 0. The summed E-state index contributed by atoms with van der Waals surface area (Å²) >= 11 is 4.12. The Morgan fingerprint density at radius 1 is 1.65 bits per heavy atom. The van der Waals surface area contributed by atoms with Crippen LogP contribution in [0.1, 0.15) is 31.2 Å². The fourth-order valence-electron chi connectivity index (χ4n) is 2.54. The summed E-state index contributed by atoms with van der Waals surface area (Å²) in [5, 5.41) is 1.22. The fourth-order valence-corrected chi connectivity index (χ4v) is 4.11. The molecule has 2 heterocycles. The zero-order valence-corrected chi connectivity index (χ0v) is 13.2. The molecule has 0 aromatic carbocycles. The van der Waals surface area contributed by atoms with E-state index in [9.17, 15) is 0 Å². The van der Waals surface area contributed by atoms with Gasteiger partial charge in [0, 0.05) is 12.6 Å². The predicted octanol–water partition coefficient (Wildman–Crippen LogP) is 2.70. The number of hydrogen-bond acceptors (Lipinski definition) is 4. The molecule has 1 aromatic heterocycles. The first kappa shape index (κ1) is 13.7. The Kier molecular flexibility index (Phi) is 5.20. The zero-order valence-electron chi connectivity index (χ0n) is 10.2. The summed E-state index contributed by atoms with van der Waals surface area (Å²) in [5.74, 6) is 0.872. The molecule has 2 unspecified atom stereocenters. The molecule has 0 aliphatic carbocycles. The molecule has 0 radical (unpaired) electrons. The lowest BCUT2D eigenvalue weighted by Crippen LogP contribution is -2.45. The van der Waals surface area contributed by atoms with Gasteiger partial charge in [0.2, 0.25) is 0 Å². The SMILES string of the molecule is CCC1CCN(Cc2ncc(I)s2)C(CN)C1. The highest BCUT2D eigenvalue weighted by Crippen LogP contribution is 2.27. The van der Waals surface area contributed by atoms with Gasteiger partial charge in [-0.2, -0.15) is 0 Å². The average Bonchev–Trinajstić information content (AvgIpc) is 2.75. The lowest BCUT2D eigenvalue weighted by molar-refractivity contribution is 0.107. The van der Waals surface area contributed by atoms with Crippen molar-refractivity contribution in [2.45, 2.75) is 38.8 Å². The molecule has 1 fully saturated rings. The number of nitrogens with two attached hydrogens (primary N) is 1. The molecule has 0 bridgehead atoms. The number of halogens is 1. The summed E-state index contributed by atoms with van der Waals surface area (Å²) < 4.78 is 1.27. The van der Waals surface area contributed by atoms with Gasteiger partial charge >= 0.3 is 0 Å². The first-order valence-corrected chi connectivity index (χ1v) is 8.16. The topological polar surface area (TPSA) is 42.2 Å². The highest BCUT2D eigenvalue weighted by atomic mass is 127. The van der Waals surface area contributed by atoms with Crippen LogP contribution in [0.25, 0.3) is 0 Å². The van der Waals surface area contributed by atoms with Crippen molar-refractivity contribution in [1.29, 1.82) is 0 Å². The molecule has 96 valence electrons. The van der Waals surface area contributed by atoms with Crippen LogP contribution in [0, 0.1) is 8.80 Å². The number of piperidine rings is 1. The number of likely N-dealkylation sites (tertiary alicyclic amines) is 1. The maximum Gasteiger partial charge on any atom is 0.108 e. The van der Waals surface area contributed by atoms with Gasteiger partial charge in [0.05, 0.1) is 15.6 Å². The van der Waals surface area contributed by atoms with Crippen LogP contribution in [-0.2, 0) is 6.54 Å². The molecule has 2 N–H and O–H groups in total. The summed E-state index contributed by atoms with van der Waals surface area (Å²) in [6, 6.07) is 0.551. The van der Waals surface area contributed by atoms with Crippen LogP contribution in [0.5, 0.6) is 0 Å². The predicted molar refractivity (Wildman–Crippen MR) is 81.1 cm³/mol. The van der Waals surface area contributed by atoms with Gasteiger partial charge in [0.1, 0.15) is 5.01 Å². The van der Waals surface area contributed by atoms with E-state index in [1.165, 1.54) is 33.7 Å². The maximum atomic E-state index is 5.91. The van der Waals surface area contributed by atoms with Crippen molar-refractivity contribution in [1.82, 2.24) is 9.88 Å². The second kappa shape index (κ2) is 6.45. The summed E-state index contributed by atoms with van der Waals surface area (Å²) in [6.45, 7) is 5.22. The number of aromatic nitrogens is 1. The van der Waals surface area contributed by atoms with E-state index < -0.39 is 0 Å². The van der Waals surface area contributed by atoms with Crippen molar-refractivity contribution in [3.63, 3.8) is 0 Å². The maximum absolute atomic E-state index is 5.91. The Morgan fingerprint density at radius 3 is 3.06 bits per heavy atom. The van der Waals surface area contributed by atoms with Crippen molar-refractivity contribution < 1.29 is 0 Å². The standard InChI is InChI=1S/C12H20IN3S/c1-2-9-3-4-16(10(5-9)6-14)8-12-15-7-11(13)17-12/h7,9-10H,2-6,8,14H2,1H3. The molecule has 1 aromatic rings. The third kappa shape index (κ3) is 3.62. The second-order valence-corrected chi connectivity index (χ2v) is 7.73. The third-order valence-corrected chi connectivity index (χ3v) is 5.37. The molecule has 2 rings (SSSR count). The van der Waals surface area contributed by atoms with Crippen LogP contribution in [0.2, 0.25) is 0 Å². The van der Waals surface area contributed by atoms with Crippen molar-refractivity contribution in [2.24, 2.45) is 11.7 Å². The average molecular weight is 365 g/mol.